The molecule has 0 heterocycles. The van der Waals surface area contributed by atoms with Crippen LogP contribution in [0.2, 0.25) is 0 Å². The van der Waals surface area contributed by atoms with Gasteiger partial charge in [0.15, 0.2) is 0 Å². The summed E-state index contributed by atoms with van der Waals surface area (Å²) in [4.78, 5) is 0.189. The molecule has 18 heavy (non-hydrogen) atoms. The Hall–Kier alpha value is 0.0900. The Morgan fingerprint density at radius 3 is 2.11 bits per heavy atom. The zero-order chi connectivity index (χ0) is 13.2. The third-order valence-corrected chi connectivity index (χ3v) is 5.19. The summed E-state index contributed by atoms with van der Waals surface area (Å²) in [7, 11) is -3.66. The lowest BCUT2D eigenvalue weighted by Crippen LogP contribution is -2.21. The molecule has 100 valence electrons. The van der Waals surface area contributed by atoms with Gasteiger partial charge in [0, 0.05) is 8.95 Å². The molecule has 2 rings (SSSR count). The lowest BCUT2D eigenvalue weighted by atomic mass is 9.98. The predicted octanol–water partition coefficient (Wildman–Crippen LogP) is 4.25. The third-order valence-electron chi connectivity index (χ3n) is 2.94. The van der Waals surface area contributed by atoms with E-state index in [0.29, 0.717) is 8.95 Å². The second kappa shape index (κ2) is 6.03. The van der Waals surface area contributed by atoms with E-state index in [2.05, 4.69) is 31.9 Å². The minimum absolute atomic E-state index is 0.165. The number of rotatable bonds is 3. The van der Waals surface area contributed by atoms with Crippen molar-refractivity contribution in [3.8, 4) is 0 Å². The maximum Gasteiger partial charge on any atom is 0.297 e. The quantitative estimate of drug-likeness (QED) is 0.716. The number of benzene rings is 1. The van der Waals surface area contributed by atoms with Gasteiger partial charge in [0.2, 0.25) is 0 Å². The molecular formula is C12H14Br2O3S. The van der Waals surface area contributed by atoms with Crippen LogP contribution in [0.5, 0.6) is 0 Å². The summed E-state index contributed by atoms with van der Waals surface area (Å²) in [6.07, 6.45) is 4.75. The van der Waals surface area contributed by atoms with Crippen LogP contribution in [0.1, 0.15) is 32.1 Å². The molecule has 1 fully saturated rings. The summed E-state index contributed by atoms with van der Waals surface area (Å²) in [5.41, 5.74) is 0. The Balaban J connectivity index is 2.19. The minimum Gasteiger partial charge on any atom is -0.263 e. The molecule has 1 aromatic carbocycles. The first-order valence-corrected chi connectivity index (χ1v) is 8.86. The van der Waals surface area contributed by atoms with Gasteiger partial charge in [-0.25, -0.2) is 0 Å². The van der Waals surface area contributed by atoms with Crippen molar-refractivity contribution in [1.82, 2.24) is 0 Å². The molecule has 6 heteroatoms. The van der Waals surface area contributed by atoms with E-state index in [-0.39, 0.29) is 11.0 Å². The standard InChI is InChI=1S/C12H14Br2O3S/c13-9-6-10(14)8-12(7-9)18(15,16)17-11-4-2-1-3-5-11/h6-8,11H,1-5H2. The fourth-order valence-corrected chi connectivity index (χ4v) is 4.87. The van der Waals surface area contributed by atoms with Crippen LogP contribution in [0.4, 0.5) is 0 Å². The first-order chi connectivity index (χ1) is 8.47. The van der Waals surface area contributed by atoms with Gasteiger partial charge >= 0.3 is 0 Å². The van der Waals surface area contributed by atoms with E-state index in [1.807, 2.05) is 0 Å². The molecule has 3 nitrogen and oxygen atoms in total. The molecule has 0 bridgehead atoms. The molecule has 0 N–H and O–H groups in total. The normalized spacial score (nSPS) is 17.9. The molecule has 1 aliphatic carbocycles. The van der Waals surface area contributed by atoms with Crippen molar-refractivity contribution in [2.45, 2.75) is 43.1 Å². The van der Waals surface area contributed by atoms with Crippen molar-refractivity contribution in [1.29, 1.82) is 0 Å². The van der Waals surface area contributed by atoms with Crippen molar-refractivity contribution >= 4 is 42.0 Å². The largest absolute Gasteiger partial charge is 0.297 e. The maximum absolute atomic E-state index is 12.1. The van der Waals surface area contributed by atoms with Crippen LogP contribution < -0.4 is 0 Å². The Kier molecular flexibility index (Phi) is 4.86. The second-order valence-corrected chi connectivity index (χ2v) is 7.82. The molecule has 0 radical (unpaired) electrons. The van der Waals surface area contributed by atoms with Gasteiger partial charge in [0.1, 0.15) is 0 Å². The van der Waals surface area contributed by atoms with Gasteiger partial charge in [-0.1, -0.05) is 51.1 Å². The topological polar surface area (TPSA) is 43.4 Å². The molecule has 1 aliphatic rings. The lowest BCUT2D eigenvalue weighted by molar-refractivity contribution is 0.162. The highest BCUT2D eigenvalue weighted by Crippen LogP contribution is 2.28. The van der Waals surface area contributed by atoms with Gasteiger partial charge in [0.05, 0.1) is 11.0 Å². The first kappa shape index (κ1) is 14.5. The van der Waals surface area contributed by atoms with Crippen LogP contribution in [0, 0.1) is 0 Å². The van der Waals surface area contributed by atoms with E-state index in [9.17, 15) is 8.42 Å². The Morgan fingerprint density at radius 1 is 1.00 bits per heavy atom. The highest BCUT2D eigenvalue weighted by atomic mass is 79.9. The molecule has 0 amide bonds. The van der Waals surface area contributed by atoms with Crippen LogP contribution in [-0.4, -0.2) is 14.5 Å². The average molecular weight is 398 g/mol. The van der Waals surface area contributed by atoms with Crippen LogP contribution >= 0.6 is 31.9 Å². The van der Waals surface area contributed by atoms with Crippen molar-refractivity contribution < 1.29 is 12.6 Å². The van der Waals surface area contributed by atoms with E-state index in [4.69, 9.17) is 4.18 Å². The first-order valence-electron chi connectivity index (χ1n) is 5.87. The van der Waals surface area contributed by atoms with Crippen LogP contribution in [0.15, 0.2) is 32.0 Å². The number of halogens is 2. The molecule has 0 atom stereocenters. The molecular weight excluding hydrogens is 384 g/mol. The van der Waals surface area contributed by atoms with Crippen molar-refractivity contribution in [3.05, 3.63) is 27.1 Å². The van der Waals surface area contributed by atoms with Crippen molar-refractivity contribution in [3.63, 3.8) is 0 Å². The van der Waals surface area contributed by atoms with Gasteiger partial charge < -0.3 is 0 Å². The second-order valence-electron chi connectivity index (χ2n) is 4.42. The van der Waals surface area contributed by atoms with Crippen molar-refractivity contribution in [2.75, 3.05) is 0 Å². The summed E-state index contributed by atoms with van der Waals surface area (Å²) >= 11 is 6.56. The lowest BCUT2D eigenvalue weighted by Gasteiger charge is -2.21. The van der Waals surface area contributed by atoms with E-state index in [1.54, 1.807) is 18.2 Å². The van der Waals surface area contributed by atoms with Gasteiger partial charge in [-0.15, -0.1) is 0 Å². The zero-order valence-corrected chi connectivity index (χ0v) is 13.7. The molecule has 0 unspecified atom stereocenters. The average Bonchev–Trinajstić information content (AvgIpc) is 2.28. The van der Waals surface area contributed by atoms with Crippen LogP contribution in [0.3, 0.4) is 0 Å². The van der Waals surface area contributed by atoms with Crippen LogP contribution in [-0.2, 0) is 14.3 Å². The fourth-order valence-electron chi connectivity index (χ4n) is 2.07. The predicted molar refractivity (Wildman–Crippen MR) is 77.0 cm³/mol. The summed E-state index contributed by atoms with van der Waals surface area (Å²) < 4.78 is 31.0. The number of hydrogen-bond acceptors (Lipinski definition) is 3. The fraction of sp³-hybridized carbons (Fsp3) is 0.500. The van der Waals surface area contributed by atoms with Gasteiger partial charge in [0.25, 0.3) is 10.1 Å². The number of hydrogen-bond donors (Lipinski definition) is 0. The molecule has 0 aromatic heterocycles. The summed E-state index contributed by atoms with van der Waals surface area (Å²) in [5.74, 6) is 0. The third kappa shape index (κ3) is 3.79. The Bertz CT molecular complexity index is 502. The van der Waals surface area contributed by atoms with Crippen molar-refractivity contribution in [2.24, 2.45) is 0 Å². The molecule has 0 spiro atoms. The Labute approximate surface area is 124 Å². The SMILES string of the molecule is O=S(=O)(OC1CCCCC1)c1cc(Br)cc(Br)c1. The highest BCUT2D eigenvalue weighted by molar-refractivity contribution is 9.11. The molecule has 1 aromatic rings. The maximum atomic E-state index is 12.1. The summed E-state index contributed by atoms with van der Waals surface area (Å²) in [6.45, 7) is 0. The van der Waals surface area contributed by atoms with Crippen LogP contribution in [0.25, 0.3) is 0 Å². The monoisotopic (exact) mass is 396 g/mol. The smallest absolute Gasteiger partial charge is 0.263 e. The van der Waals surface area contributed by atoms with E-state index in [0.717, 1.165) is 25.7 Å². The minimum atomic E-state index is -3.66. The van der Waals surface area contributed by atoms with Gasteiger partial charge in [-0.2, -0.15) is 8.42 Å². The van der Waals surface area contributed by atoms with Gasteiger partial charge in [-0.3, -0.25) is 4.18 Å². The summed E-state index contributed by atoms with van der Waals surface area (Å²) in [5, 5.41) is 0. The van der Waals surface area contributed by atoms with E-state index in [1.165, 1.54) is 6.42 Å². The Morgan fingerprint density at radius 2 is 1.56 bits per heavy atom. The molecule has 0 saturated heterocycles. The molecule has 1 saturated carbocycles. The van der Waals surface area contributed by atoms with E-state index >= 15 is 0 Å². The molecule has 0 aliphatic heterocycles. The zero-order valence-electron chi connectivity index (χ0n) is 9.73. The van der Waals surface area contributed by atoms with E-state index < -0.39 is 10.1 Å². The highest BCUT2D eigenvalue weighted by Gasteiger charge is 2.24. The summed E-state index contributed by atoms with van der Waals surface area (Å²) in [6, 6.07) is 4.91. The van der Waals surface area contributed by atoms with Gasteiger partial charge in [-0.05, 0) is 31.0 Å².